The molecule has 0 spiro atoms. The highest BCUT2D eigenvalue weighted by Gasteiger charge is 2.66. The van der Waals surface area contributed by atoms with E-state index in [0.717, 1.165) is 26.2 Å². The number of hydrogen-bond acceptors (Lipinski definition) is 4. The fraction of sp³-hybridized carbons (Fsp3) is 0.562. The van der Waals surface area contributed by atoms with Gasteiger partial charge in [-0.3, -0.25) is 0 Å². The van der Waals surface area contributed by atoms with Crippen LogP contribution in [0.15, 0.2) is 12.1 Å². The first-order valence-corrected chi connectivity index (χ1v) is 7.63. The number of hydrogen-bond donors (Lipinski definition) is 1. The molecule has 0 bridgehead atoms. The molecule has 0 radical (unpaired) electrons. The highest BCUT2D eigenvalue weighted by Crippen LogP contribution is 2.55. The van der Waals surface area contributed by atoms with Gasteiger partial charge in [0, 0.05) is 17.4 Å². The lowest BCUT2D eigenvalue weighted by atomic mass is 9.77. The Kier molecular flexibility index (Phi) is 5.56. The van der Waals surface area contributed by atoms with Crippen molar-refractivity contribution >= 4 is 5.97 Å². The monoisotopic (exact) mass is 402 g/mol. The average molecular weight is 402 g/mol. The van der Waals surface area contributed by atoms with Crippen LogP contribution in [0.1, 0.15) is 25.3 Å². The number of ether oxygens (including phenoxy) is 3. The van der Waals surface area contributed by atoms with Gasteiger partial charge in [-0.05, 0) is 13.0 Å². The standard InChI is InChI=1S/C16H16F6O5/c1-6-9(12(13(23)24)27-15(6,2)16(20,21)22)7-4-5-8(26-14(18)19)10(17)11(7)25-3/h4-6,9,12,14H,1-3H3,(H,23,24)/t6?,9?,12-,15?/m1/s1. The summed E-state index contributed by atoms with van der Waals surface area (Å²) in [5.41, 5.74) is -3.08. The van der Waals surface area contributed by atoms with Crippen LogP contribution in [-0.2, 0) is 9.53 Å². The lowest BCUT2D eigenvalue weighted by molar-refractivity contribution is -0.273. The first kappa shape index (κ1) is 21.1. The molecule has 3 unspecified atom stereocenters. The summed E-state index contributed by atoms with van der Waals surface area (Å²) in [4.78, 5) is 11.5. The smallest absolute Gasteiger partial charge is 0.417 e. The van der Waals surface area contributed by atoms with E-state index >= 15 is 0 Å². The zero-order chi connectivity index (χ0) is 20.7. The number of carboxylic acids is 1. The van der Waals surface area contributed by atoms with Gasteiger partial charge in [0.2, 0.25) is 5.82 Å². The van der Waals surface area contributed by atoms with E-state index in [2.05, 4.69) is 4.74 Å². The topological polar surface area (TPSA) is 65.0 Å². The van der Waals surface area contributed by atoms with Crippen LogP contribution in [0, 0.1) is 11.7 Å². The number of rotatable bonds is 5. The Labute approximate surface area is 149 Å². The Bertz CT molecular complexity index is 722. The van der Waals surface area contributed by atoms with Crippen molar-refractivity contribution in [3.63, 3.8) is 0 Å². The highest BCUT2D eigenvalue weighted by atomic mass is 19.4. The van der Waals surface area contributed by atoms with E-state index in [0.29, 0.717) is 6.92 Å². The number of aliphatic carboxylic acids is 1. The number of carbonyl (C=O) groups is 1. The minimum absolute atomic E-state index is 0.260. The van der Waals surface area contributed by atoms with Crippen LogP contribution >= 0.6 is 0 Å². The summed E-state index contributed by atoms with van der Waals surface area (Å²) in [7, 11) is 0.966. The maximum Gasteiger partial charge on any atom is 0.417 e. The molecule has 1 aromatic rings. The van der Waals surface area contributed by atoms with Crippen molar-refractivity contribution in [3.05, 3.63) is 23.5 Å². The SMILES string of the molecule is COc1c(C2C(C)C(C)(C(F)(F)F)O[C@H]2C(=O)O)ccc(OC(F)F)c1F. The quantitative estimate of drug-likeness (QED) is 0.756. The van der Waals surface area contributed by atoms with Crippen molar-refractivity contribution < 1.29 is 50.5 Å². The first-order valence-electron chi connectivity index (χ1n) is 7.63. The molecule has 1 aliphatic heterocycles. The van der Waals surface area contributed by atoms with Gasteiger partial charge in [-0.2, -0.15) is 26.3 Å². The van der Waals surface area contributed by atoms with Crippen LogP contribution in [0.25, 0.3) is 0 Å². The van der Waals surface area contributed by atoms with E-state index < -0.39 is 59.6 Å². The fourth-order valence-electron chi connectivity index (χ4n) is 3.22. The van der Waals surface area contributed by atoms with Crippen molar-refractivity contribution in [2.45, 2.75) is 44.3 Å². The molecule has 4 atom stereocenters. The molecule has 1 aliphatic rings. The zero-order valence-corrected chi connectivity index (χ0v) is 14.3. The number of carboxylic acid groups (broad SMARTS) is 1. The number of halogens is 6. The number of alkyl halides is 5. The summed E-state index contributed by atoms with van der Waals surface area (Å²) in [5, 5.41) is 9.32. The van der Waals surface area contributed by atoms with Gasteiger partial charge in [-0.1, -0.05) is 13.0 Å². The summed E-state index contributed by atoms with van der Waals surface area (Å²) >= 11 is 0. The summed E-state index contributed by atoms with van der Waals surface area (Å²) in [6.07, 6.45) is -6.86. The third-order valence-electron chi connectivity index (χ3n) is 4.78. The molecule has 1 N–H and O–H groups in total. The molecular weight excluding hydrogens is 386 g/mol. The van der Waals surface area contributed by atoms with Crippen molar-refractivity contribution in [2.75, 3.05) is 7.11 Å². The predicted molar refractivity (Wildman–Crippen MR) is 78.5 cm³/mol. The summed E-state index contributed by atoms with van der Waals surface area (Å²) < 4.78 is 93.2. The third-order valence-corrected chi connectivity index (χ3v) is 4.78. The second-order valence-electron chi connectivity index (χ2n) is 6.17. The second kappa shape index (κ2) is 7.10. The van der Waals surface area contributed by atoms with Crippen LogP contribution in [-0.4, -0.2) is 42.7 Å². The summed E-state index contributed by atoms with van der Waals surface area (Å²) in [5.74, 6) is -7.55. The van der Waals surface area contributed by atoms with Crippen LogP contribution in [0.5, 0.6) is 11.5 Å². The summed E-state index contributed by atoms with van der Waals surface area (Å²) in [6, 6.07) is 1.76. The lowest BCUT2D eigenvalue weighted by Crippen LogP contribution is -2.47. The summed E-state index contributed by atoms with van der Waals surface area (Å²) in [6.45, 7) is -1.53. The van der Waals surface area contributed by atoms with Gasteiger partial charge in [0.25, 0.3) is 0 Å². The molecule has 11 heteroatoms. The number of benzene rings is 1. The molecule has 1 heterocycles. The van der Waals surface area contributed by atoms with Crippen LogP contribution in [0.3, 0.4) is 0 Å². The molecule has 0 aromatic heterocycles. The van der Waals surface area contributed by atoms with Crippen LogP contribution < -0.4 is 9.47 Å². The highest BCUT2D eigenvalue weighted by molar-refractivity contribution is 5.75. The first-order chi connectivity index (χ1) is 12.3. The van der Waals surface area contributed by atoms with Crippen LogP contribution in [0.2, 0.25) is 0 Å². The zero-order valence-electron chi connectivity index (χ0n) is 14.3. The molecule has 0 aliphatic carbocycles. The Balaban J connectivity index is 2.60. The molecule has 27 heavy (non-hydrogen) atoms. The Hall–Kier alpha value is -2.17. The van der Waals surface area contributed by atoms with Gasteiger partial charge in [0.1, 0.15) is 0 Å². The van der Waals surface area contributed by atoms with E-state index in [9.17, 15) is 36.2 Å². The van der Waals surface area contributed by atoms with Gasteiger partial charge >= 0.3 is 18.8 Å². The molecule has 2 rings (SSSR count). The van der Waals surface area contributed by atoms with Crippen molar-refractivity contribution in [1.29, 1.82) is 0 Å². The number of methoxy groups -OCH3 is 1. The van der Waals surface area contributed by atoms with Crippen LogP contribution in [0.4, 0.5) is 26.3 Å². The van der Waals surface area contributed by atoms with Crippen molar-refractivity contribution in [3.8, 4) is 11.5 Å². The molecule has 0 saturated carbocycles. The minimum atomic E-state index is -4.90. The lowest BCUT2D eigenvalue weighted by Gasteiger charge is -2.32. The fourth-order valence-corrected chi connectivity index (χ4v) is 3.22. The Morgan fingerprint density at radius 2 is 1.93 bits per heavy atom. The Morgan fingerprint density at radius 1 is 1.33 bits per heavy atom. The molecule has 152 valence electrons. The Morgan fingerprint density at radius 3 is 2.37 bits per heavy atom. The molecule has 1 saturated heterocycles. The van der Waals surface area contributed by atoms with Gasteiger partial charge in [0.05, 0.1) is 7.11 Å². The predicted octanol–water partition coefficient (Wildman–Crippen LogP) is 3.96. The van der Waals surface area contributed by atoms with Gasteiger partial charge in [-0.25, -0.2) is 4.79 Å². The maximum atomic E-state index is 14.4. The third kappa shape index (κ3) is 3.52. The van der Waals surface area contributed by atoms with E-state index in [-0.39, 0.29) is 5.56 Å². The minimum Gasteiger partial charge on any atom is -0.493 e. The molecule has 1 aromatic carbocycles. The van der Waals surface area contributed by atoms with Gasteiger partial charge in [0.15, 0.2) is 23.2 Å². The maximum absolute atomic E-state index is 14.4. The molecule has 1 fully saturated rings. The van der Waals surface area contributed by atoms with Gasteiger partial charge in [-0.15, -0.1) is 0 Å². The van der Waals surface area contributed by atoms with Crippen molar-refractivity contribution in [2.24, 2.45) is 5.92 Å². The second-order valence-corrected chi connectivity index (χ2v) is 6.17. The van der Waals surface area contributed by atoms with Crippen molar-refractivity contribution in [1.82, 2.24) is 0 Å². The molecular formula is C16H16F6O5. The van der Waals surface area contributed by atoms with E-state index in [4.69, 9.17) is 9.47 Å². The largest absolute Gasteiger partial charge is 0.493 e. The van der Waals surface area contributed by atoms with E-state index in [1.54, 1.807) is 0 Å². The van der Waals surface area contributed by atoms with E-state index in [1.165, 1.54) is 0 Å². The normalized spacial score (nSPS) is 28.4. The molecule has 5 nitrogen and oxygen atoms in total. The molecule has 0 amide bonds. The average Bonchev–Trinajstić information content (AvgIpc) is 2.82. The van der Waals surface area contributed by atoms with Gasteiger partial charge < -0.3 is 19.3 Å². The van der Waals surface area contributed by atoms with E-state index in [1.807, 2.05) is 0 Å².